The highest BCUT2D eigenvalue weighted by Crippen LogP contribution is 2.34. The van der Waals surface area contributed by atoms with Crippen molar-refractivity contribution in [2.75, 3.05) is 13.6 Å². The minimum Gasteiger partial charge on any atom is -0.469 e. The van der Waals surface area contributed by atoms with Crippen molar-refractivity contribution in [2.24, 2.45) is 5.92 Å². The molecule has 1 fully saturated rings. The molecule has 0 spiro atoms. The Kier molecular flexibility index (Phi) is 3.98. The quantitative estimate of drug-likeness (QED) is 0.655. The van der Waals surface area contributed by atoms with E-state index in [1.54, 1.807) is 0 Å². The van der Waals surface area contributed by atoms with Crippen LogP contribution in [-0.4, -0.2) is 29.6 Å². The average Bonchev–Trinajstić information content (AvgIpc) is 2.28. The lowest BCUT2D eigenvalue weighted by atomic mass is 9.82. The van der Waals surface area contributed by atoms with Gasteiger partial charge >= 0.3 is 5.69 Å². The summed E-state index contributed by atoms with van der Waals surface area (Å²) in [5, 5.41) is 14.2. The molecule has 0 bridgehead atoms. The van der Waals surface area contributed by atoms with Gasteiger partial charge in [0.1, 0.15) is 6.10 Å². The van der Waals surface area contributed by atoms with Crippen LogP contribution in [0.1, 0.15) is 12.8 Å². The summed E-state index contributed by atoms with van der Waals surface area (Å²) in [4.78, 5) is 14.2. The fraction of sp³-hybridized carbons (Fsp3) is 0.545. The highest BCUT2D eigenvalue weighted by atomic mass is 35.5. The number of nitro groups is 1. The lowest BCUT2D eigenvalue weighted by Crippen LogP contribution is -2.38. The minimum atomic E-state index is -0.530. The Hall–Kier alpha value is -1.40. The number of aromatic nitrogens is 1. The van der Waals surface area contributed by atoms with Crippen LogP contribution in [0.4, 0.5) is 5.69 Å². The predicted octanol–water partition coefficient (Wildman–Crippen LogP) is 2.02. The lowest BCUT2D eigenvalue weighted by molar-refractivity contribution is -0.386. The average molecular weight is 272 g/mol. The standard InChI is InChI=1S/C11H14ClN3O3/c1-13-5-7-2-9(3-7)18-11-10(15(16)17)4-8(12)6-14-11/h4,6-7,9,13H,2-3,5H2,1H3. The molecule has 0 saturated heterocycles. The van der Waals surface area contributed by atoms with Gasteiger partial charge in [-0.15, -0.1) is 0 Å². The van der Waals surface area contributed by atoms with Gasteiger partial charge < -0.3 is 10.1 Å². The largest absolute Gasteiger partial charge is 0.469 e. The first kappa shape index (κ1) is 13.0. The molecule has 7 heteroatoms. The number of pyridine rings is 1. The fourth-order valence-electron chi connectivity index (χ4n) is 2.02. The second kappa shape index (κ2) is 5.49. The second-order valence-electron chi connectivity index (χ2n) is 4.37. The maximum Gasteiger partial charge on any atom is 0.332 e. The van der Waals surface area contributed by atoms with E-state index in [0.717, 1.165) is 19.4 Å². The molecule has 6 nitrogen and oxygen atoms in total. The van der Waals surface area contributed by atoms with Crippen molar-refractivity contribution in [3.63, 3.8) is 0 Å². The van der Waals surface area contributed by atoms with Crippen LogP contribution in [0.5, 0.6) is 5.88 Å². The van der Waals surface area contributed by atoms with Crippen LogP contribution in [0.25, 0.3) is 0 Å². The van der Waals surface area contributed by atoms with Crippen LogP contribution >= 0.6 is 11.6 Å². The highest BCUT2D eigenvalue weighted by Gasteiger charge is 2.32. The molecule has 0 radical (unpaired) electrons. The predicted molar refractivity (Wildman–Crippen MR) is 67.0 cm³/mol. The third-order valence-electron chi connectivity index (χ3n) is 2.96. The van der Waals surface area contributed by atoms with E-state index in [1.165, 1.54) is 12.3 Å². The van der Waals surface area contributed by atoms with Gasteiger partial charge in [0.2, 0.25) is 0 Å². The van der Waals surface area contributed by atoms with E-state index >= 15 is 0 Å². The van der Waals surface area contributed by atoms with Crippen molar-refractivity contribution >= 4 is 17.3 Å². The molecule has 98 valence electrons. The first-order valence-electron chi connectivity index (χ1n) is 5.71. The number of nitrogens with one attached hydrogen (secondary N) is 1. The monoisotopic (exact) mass is 271 g/mol. The van der Waals surface area contributed by atoms with Crippen molar-refractivity contribution in [1.29, 1.82) is 0 Å². The van der Waals surface area contributed by atoms with Crippen LogP contribution in [0, 0.1) is 16.0 Å². The molecule has 1 heterocycles. The number of hydrogen-bond donors (Lipinski definition) is 1. The topological polar surface area (TPSA) is 77.3 Å². The zero-order valence-corrected chi connectivity index (χ0v) is 10.7. The van der Waals surface area contributed by atoms with Gasteiger partial charge in [-0.1, -0.05) is 11.6 Å². The Morgan fingerprint density at radius 1 is 1.67 bits per heavy atom. The Labute approximate surface area is 109 Å². The molecule has 0 amide bonds. The molecule has 1 aromatic heterocycles. The molecule has 0 aromatic carbocycles. The summed E-state index contributed by atoms with van der Waals surface area (Å²) >= 11 is 5.68. The summed E-state index contributed by atoms with van der Waals surface area (Å²) in [6.07, 6.45) is 3.15. The van der Waals surface area contributed by atoms with E-state index in [4.69, 9.17) is 16.3 Å². The Balaban J connectivity index is 2.00. The Morgan fingerprint density at radius 2 is 2.39 bits per heavy atom. The van der Waals surface area contributed by atoms with E-state index in [2.05, 4.69) is 10.3 Å². The summed E-state index contributed by atoms with van der Waals surface area (Å²) in [6, 6.07) is 1.26. The summed E-state index contributed by atoms with van der Waals surface area (Å²) in [5.74, 6) is 0.628. The van der Waals surface area contributed by atoms with Crippen LogP contribution in [-0.2, 0) is 0 Å². The normalized spacial score (nSPS) is 22.3. The highest BCUT2D eigenvalue weighted by molar-refractivity contribution is 6.30. The second-order valence-corrected chi connectivity index (χ2v) is 4.81. The third kappa shape index (κ3) is 2.88. The van der Waals surface area contributed by atoms with Crippen LogP contribution in [0.15, 0.2) is 12.3 Å². The first-order chi connectivity index (χ1) is 8.60. The van der Waals surface area contributed by atoms with Gasteiger partial charge in [-0.3, -0.25) is 10.1 Å². The number of nitrogens with zero attached hydrogens (tertiary/aromatic N) is 2. The van der Waals surface area contributed by atoms with Crippen LogP contribution < -0.4 is 10.1 Å². The van der Waals surface area contributed by atoms with Crippen molar-refractivity contribution in [2.45, 2.75) is 18.9 Å². The molecule has 1 N–H and O–H groups in total. The van der Waals surface area contributed by atoms with Gasteiger partial charge in [-0.25, -0.2) is 4.98 Å². The summed E-state index contributed by atoms with van der Waals surface area (Å²) < 4.78 is 5.54. The molecular formula is C11H14ClN3O3. The Morgan fingerprint density at radius 3 is 3.00 bits per heavy atom. The summed E-state index contributed by atoms with van der Waals surface area (Å²) in [5.41, 5.74) is -0.181. The summed E-state index contributed by atoms with van der Waals surface area (Å²) in [6.45, 7) is 0.940. The van der Waals surface area contributed by atoms with Crippen molar-refractivity contribution in [3.8, 4) is 5.88 Å². The SMILES string of the molecule is CNCC1CC(Oc2ncc(Cl)cc2[N+](=O)[O-])C1. The number of ether oxygens (including phenoxy) is 1. The molecule has 0 unspecified atom stereocenters. The van der Waals surface area contributed by atoms with E-state index in [9.17, 15) is 10.1 Å². The molecule has 18 heavy (non-hydrogen) atoms. The van der Waals surface area contributed by atoms with E-state index in [0.29, 0.717) is 5.92 Å². The van der Waals surface area contributed by atoms with Gasteiger partial charge in [0.25, 0.3) is 5.88 Å². The van der Waals surface area contributed by atoms with E-state index in [-0.39, 0.29) is 22.7 Å². The fourth-order valence-corrected chi connectivity index (χ4v) is 2.17. The summed E-state index contributed by atoms with van der Waals surface area (Å²) in [7, 11) is 1.90. The molecule has 0 aliphatic heterocycles. The maximum atomic E-state index is 10.8. The molecule has 1 aromatic rings. The van der Waals surface area contributed by atoms with Crippen molar-refractivity contribution in [3.05, 3.63) is 27.4 Å². The zero-order chi connectivity index (χ0) is 13.1. The van der Waals surface area contributed by atoms with Gasteiger partial charge in [0.05, 0.1) is 16.1 Å². The van der Waals surface area contributed by atoms with Gasteiger partial charge in [-0.2, -0.15) is 0 Å². The van der Waals surface area contributed by atoms with Gasteiger partial charge in [0, 0.05) is 6.07 Å². The van der Waals surface area contributed by atoms with Crippen LogP contribution in [0.3, 0.4) is 0 Å². The minimum absolute atomic E-state index is 0.00993. The lowest BCUT2D eigenvalue weighted by Gasteiger charge is -2.34. The smallest absolute Gasteiger partial charge is 0.332 e. The van der Waals surface area contributed by atoms with Crippen LogP contribution in [0.2, 0.25) is 5.02 Å². The number of hydrogen-bond acceptors (Lipinski definition) is 5. The third-order valence-corrected chi connectivity index (χ3v) is 3.17. The molecule has 2 rings (SSSR count). The molecule has 0 atom stereocenters. The number of rotatable bonds is 5. The Bertz CT molecular complexity index is 449. The number of halogens is 1. The zero-order valence-electron chi connectivity index (χ0n) is 9.93. The molecular weight excluding hydrogens is 258 g/mol. The molecule has 1 aliphatic rings. The van der Waals surface area contributed by atoms with Gasteiger partial charge in [0.15, 0.2) is 0 Å². The van der Waals surface area contributed by atoms with Gasteiger partial charge in [-0.05, 0) is 32.4 Å². The first-order valence-corrected chi connectivity index (χ1v) is 6.09. The van der Waals surface area contributed by atoms with E-state index < -0.39 is 4.92 Å². The van der Waals surface area contributed by atoms with E-state index in [1.807, 2.05) is 7.05 Å². The van der Waals surface area contributed by atoms with Crippen molar-refractivity contribution in [1.82, 2.24) is 10.3 Å². The van der Waals surface area contributed by atoms with Crippen molar-refractivity contribution < 1.29 is 9.66 Å². The molecule has 1 saturated carbocycles. The molecule has 1 aliphatic carbocycles. The maximum absolute atomic E-state index is 10.8.